The van der Waals surface area contributed by atoms with E-state index in [1.54, 1.807) is 0 Å². The number of rotatable bonds is 4. The summed E-state index contributed by atoms with van der Waals surface area (Å²) in [6.07, 6.45) is 0. The van der Waals surface area contributed by atoms with E-state index >= 15 is 0 Å². The first kappa shape index (κ1) is 54.4. The van der Waals surface area contributed by atoms with E-state index in [-0.39, 0.29) is 0 Å². The highest BCUT2D eigenvalue weighted by atomic mass is 32.1. The number of fused-ring (bicyclic) bond motifs is 28. The van der Waals surface area contributed by atoms with Crippen LogP contribution in [0.4, 0.5) is 0 Å². The zero-order chi connectivity index (χ0) is 61.2. The molecule has 4 nitrogen and oxygen atoms in total. The van der Waals surface area contributed by atoms with E-state index in [9.17, 15) is 0 Å². The van der Waals surface area contributed by atoms with Gasteiger partial charge in [0, 0.05) is 92.0 Å². The van der Waals surface area contributed by atoms with E-state index < -0.39 is 0 Å². The Morgan fingerprint density at radius 2 is 0.457 bits per heavy atom. The summed E-state index contributed by atoms with van der Waals surface area (Å²) >= 11 is 23.5. The lowest BCUT2D eigenvalue weighted by Crippen LogP contribution is -1.93. The summed E-state index contributed by atoms with van der Waals surface area (Å²) in [6, 6.07) is 55.7. The fourth-order valence-electron chi connectivity index (χ4n) is 14.4. The summed E-state index contributed by atoms with van der Waals surface area (Å²) in [5, 5.41) is 5.54. The zero-order valence-electron chi connectivity index (χ0n) is 50.5. The average molecular weight is 1400 g/mol. The Morgan fingerprint density at radius 3 is 0.826 bits per heavy atom. The molecule has 22 rings (SSSR count). The van der Waals surface area contributed by atoms with Crippen molar-refractivity contribution in [1.29, 1.82) is 0 Å². The largest absolute Gasteiger partial charge is 0.306 e. The van der Waals surface area contributed by atoms with E-state index in [0.717, 1.165) is 0 Å². The number of nitrogens with zero attached hydrogens (tertiary/aromatic N) is 4. The second kappa shape index (κ2) is 19.3. The standard InChI is InChI=1S/2C38H24N2S6/c1-17-5-9-21(10-6-17)39-29-23-15-26-24(16-25(23)43-35(29)37-31(39)33-27(45-37)13-19(3)41-33)30-36(44-26)38-32(34-28(46-38)14-20(4)42-34)40(30)22-11-7-18(2)8-12-22;1-17-5-9-21(10-6-17)39-25-13-19(3)41-33(25)37-29(39)35-31(45-37)23-15-28-24(16-27(23)43-35)32-36(44-28)30-38(46-32)34-26(14-20(4)42-34)40(30)22-11-7-18(2)8-12-22/h2*5-16H,1-4H3. The molecule has 444 valence electrons. The molecule has 0 aliphatic carbocycles. The van der Waals surface area contributed by atoms with Crippen LogP contribution in [0.1, 0.15) is 41.8 Å². The third-order valence-corrected chi connectivity index (χ3v) is 33.2. The van der Waals surface area contributed by atoms with E-state index in [1.807, 2.05) is 136 Å². The van der Waals surface area contributed by atoms with Gasteiger partial charge in [-0.1, -0.05) is 70.8 Å². The molecule has 0 unspecified atom stereocenters. The molecule has 0 aliphatic rings. The summed E-state index contributed by atoms with van der Waals surface area (Å²) in [4.78, 5) is 5.49. The van der Waals surface area contributed by atoms with Crippen molar-refractivity contribution in [2.75, 3.05) is 0 Å². The van der Waals surface area contributed by atoms with Crippen LogP contribution in [0.3, 0.4) is 0 Å². The van der Waals surface area contributed by atoms with Gasteiger partial charge in [-0.2, -0.15) is 0 Å². The Kier molecular flexibility index (Phi) is 11.4. The van der Waals surface area contributed by atoms with Crippen LogP contribution in [-0.2, 0) is 0 Å². The Balaban J connectivity index is 0.000000124. The molecule has 22 aromatic rings. The van der Waals surface area contributed by atoms with E-state index in [2.05, 4.69) is 219 Å². The normalized spacial score (nSPS) is 12.8. The summed E-state index contributed by atoms with van der Waals surface area (Å²) in [5.74, 6) is 0. The lowest BCUT2D eigenvalue weighted by molar-refractivity contribution is 1.18. The molecule has 0 radical (unpaired) electrons. The monoisotopic (exact) mass is 1400 g/mol. The van der Waals surface area contributed by atoms with Gasteiger partial charge in [-0.3, -0.25) is 0 Å². The maximum atomic E-state index is 2.57. The molecule has 0 amide bonds. The summed E-state index contributed by atoms with van der Waals surface area (Å²) in [6.45, 7) is 17.6. The molecular weight excluding hydrogens is 1350 g/mol. The van der Waals surface area contributed by atoms with Crippen molar-refractivity contribution in [2.45, 2.75) is 55.4 Å². The molecular formula is C76H48N4S12. The molecule has 6 aromatic carbocycles. The van der Waals surface area contributed by atoms with Crippen molar-refractivity contribution in [3.63, 3.8) is 0 Å². The first-order valence-electron chi connectivity index (χ1n) is 30.5. The van der Waals surface area contributed by atoms with Crippen molar-refractivity contribution in [1.82, 2.24) is 18.3 Å². The quantitative estimate of drug-likeness (QED) is 0.167. The molecule has 16 heterocycles. The second-order valence-electron chi connectivity index (χ2n) is 24.8. The third kappa shape index (κ3) is 7.49. The van der Waals surface area contributed by atoms with E-state index in [1.165, 1.54) is 224 Å². The van der Waals surface area contributed by atoms with Crippen molar-refractivity contribution in [2.24, 2.45) is 0 Å². The number of aryl methyl sites for hydroxylation is 8. The van der Waals surface area contributed by atoms with E-state index in [4.69, 9.17) is 0 Å². The van der Waals surface area contributed by atoms with Crippen LogP contribution in [0.2, 0.25) is 0 Å². The molecule has 0 aliphatic heterocycles. The van der Waals surface area contributed by atoms with Gasteiger partial charge in [0.1, 0.15) is 0 Å². The molecule has 92 heavy (non-hydrogen) atoms. The van der Waals surface area contributed by atoms with Crippen LogP contribution in [0.15, 0.2) is 146 Å². The highest BCUT2D eigenvalue weighted by Crippen LogP contribution is 2.57. The van der Waals surface area contributed by atoms with Crippen LogP contribution in [0.25, 0.3) is 182 Å². The maximum absolute atomic E-state index is 2.57. The predicted molar refractivity (Wildman–Crippen MR) is 423 cm³/mol. The highest BCUT2D eigenvalue weighted by Gasteiger charge is 2.29. The van der Waals surface area contributed by atoms with Crippen molar-refractivity contribution >= 4 is 296 Å². The second-order valence-corrected chi connectivity index (χ2v) is 38.2. The Morgan fingerprint density at radius 1 is 0.196 bits per heavy atom. The molecule has 0 fully saturated rings. The fourth-order valence-corrected chi connectivity index (χ4v) is 29.9. The number of hydrogen-bond acceptors (Lipinski definition) is 12. The predicted octanol–water partition coefficient (Wildman–Crippen LogP) is 28.2. The molecule has 0 N–H and O–H groups in total. The van der Waals surface area contributed by atoms with Gasteiger partial charge in [0.05, 0.1) is 110 Å². The molecule has 0 saturated heterocycles. The van der Waals surface area contributed by atoms with Gasteiger partial charge in [-0.25, -0.2) is 0 Å². The van der Waals surface area contributed by atoms with Gasteiger partial charge in [-0.05, 0) is 152 Å². The minimum absolute atomic E-state index is 1.24. The topological polar surface area (TPSA) is 19.7 Å². The van der Waals surface area contributed by atoms with E-state index in [0.29, 0.717) is 0 Å². The van der Waals surface area contributed by atoms with Gasteiger partial charge in [0.25, 0.3) is 0 Å². The molecule has 16 aromatic heterocycles. The number of thiophene rings is 12. The van der Waals surface area contributed by atoms with Gasteiger partial charge >= 0.3 is 0 Å². The van der Waals surface area contributed by atoms with Crippen LogP contribution < -0.4 is 0 Å². The van der Waals surface area contributed by atoms with Crippen LogP contribution in [0.5, 0.6) is 0 Å². The first-order chi connectivity index (χ1) is 44.8. The fraction of sp³-hybridized carbons (Fsp3) is 0.105. The summed E-state index contributed by atoms with van der Waals surface area (Å²) in [5.41, 5.74) is 21.1. The molecule has 0 saturated carbocycles. The SMILES string of the molecule is Cc1ccc(-n2c3c4cc5sc6c7sc8cc(C)sc8c7n(-c7ccc(C)cc7)c6c5cc4sc3c3sc4cc(C)sc4c32)cc1.Cc1ccc(-n2c3cc(C)sc3c3sc4c5cc6sc7c(sc8c9sc(C)cc9n(-c9ccc(C)cc9)c78)c6cc5sc4c32)cc1. The van der Waals surface area contributed by atoms with Gasteiger partial charge in [0.15, 0.2) is 0 Å². The van der Waals surface area contributed by atoms with Crippen LogP contribution in [0, 0.1) is 55.4 Å². The number of hydrogen-bond donors (Lipinski definition) is 0. The average Bonchev–Trinajstić information content (AvgIpc) is 1.54. The number of aromatic nitrogens is 4. The molecule has 0 atom stereocenters. The maximum Gasteiger partial charge on any atom is 0.0837 e. The Hall–Kier alpha value is -7.00. The summed E-state index contributed by atoms with van der Waals surface area (Å²) in [7, 11) is 0. The molecule has 0 bridgehead atoms. The zero-order valence-corrected chi connectivity index (χ0v) is 60.3. The third-order valence-electron chi connectivity index (χ3n) is 18.5. The highest BCUT2D eigenvalue weighted by molar-refractivity contribution is 7.41. The molecule has 0 spiro atoms. The first-order valence-corrected chi connectivity index (χ1v) is 40.3. The van der Waals surface area contributed by atoms with Crippen molar-refractivity contribution < 1.29 is 0 Å². The van der Waals surface area contributed by atoms with Gasteiger partial charge in [-0.15, -0.1) is 136 Å². The van der Waals surface area contributed by atoms with Gasteiger partial charge < -0.3 is 18.3 Å². The lowest BCUT2D eigenvalue weighted by atomic mass is 10.1. The lowest BCUT2D eigenvalue weighted by Gasteiger charge is -2.09. The van der Waals surface area contributed by atoms with Crippen molar-refractivity contribution in [3.05, 3.63) is 187 Å². The van der Waals surface area contributed by atoms with Crippen LogP contribution in [-0.4, -0.2) is 18.3 Å². The minimum Gasteiger partial charge on any atom is -0.306 e. The van der Waals surface area contributed by atoms with Crippen molar-refractivity contribution in [3.8, 4) is 22.7 Å². The minimum atomic E-state index is 1.24. The van der Waals surface area contributed by atoms with Crippen LogP contribution >= 0.6 is 136 Å². The smallest absolute Gasteiger partial charge is 0.0837 e. The van der Waals surface area contributed by atoms with Gasteiger partial charge in [0.2, 0.25) is 0 Å². The molecule has 16 heteroatoms. The number of benzene rings is 6. The Labute approximate surface area is 573 Å². The summed E-state index contributed by atoms with van der Waals surface area (Å²) < 4.78 is 38.4. The Bertz CT molecular complexity index is 6510.